The minimum atomic E-state index is -1.17. The van der Waals surface area contributed by atoms with Crippen molar-refractivity contribution in [2.75, 3.05) is 26.2 Å². The first kappa shape index (κ1) is 42.6. The second-order valence-corrected chi connectivity index (χ2v) is 15.6. The number of rotatable bonds is 18. The van der Waals surface area contributed by atoms with Crippen molar-refractivity contribution in [3.8, 4) is 0 Å². The number of piperazine rings is 1. The van der Waals surface area contributed by atoms with Crippen molar-refractivity contribution in [3.05, 3.63) is 138 Å². The number of aliphatic hydroxyl groups is 1. The van der Waals surface area contributed by atoms with Gasteiger partial charge in [0.2, 0.25) is 17.7 Å². The molecule has 1 aliphatic rings. The highest BCUT2D eigenvalue weighted by atomic mass is 16.5. The molecule has 5 N–H and O–H groups in total. The Labute approximate surface area is 345 Å². The van der Waals surface area contributed by atoms with Crippen molar-refractivity contribution in [1.29, 1.82) is 0 Å². The van der Waals surface area contributed by atoms with Gasteiger partial charge in [0.25, 0.3) is 0 Å². The first-order valence-corrected chi connectivity index (χ1v) is 20.3. The summed E-state index contributed by atoms with van der Waals surface area (Å²) >= 11 is 0. The third-order valence-electron chi connectivity index (χ3n) is 10.6. The monoisotopic (exact) mass is 801 g/mol. The Kier molecular flexibility index (Phi) is 15.2. The van der Waals surface area contributed by atoms with E-state index in [1.807, 2.05) is 105 Å². The fraction of sp³-hybridized carbons (Fsp3) is 0.370. The van der Waals surface area contributed by atoms with E-state index in [0.29, 0.717) is 25.2 Å². The molecule has 0 aliphatic carbocycles. The van der Waals surface area contributed by atoms with E-state index in [1.54, 1.807) is 11.1 Å². The fourth-order valence-electron chi connectivity index (χ4n) is 7.46. The summed E-state index contributed by atoms with van der Waals surface area (Å²) < 4.78 is 5.51. The topological polar surface area (TPSA) is 169 Å². The average molecular weight is 802 g/mol. The van der Waals surface area contributed by atoms with Crippen LogP contribution < -0.4 is 16.0 Å². The van der Waals surface area contributed by atoms with Crippen LogP contribution >= 0.6 is 0 Å². The van der Waals surface area contributed by atoms with Gasteiger partial charge in [-0.05, 0) is 39.8 Å². The molecule has 4 atom stereocenters. The molecule has 59 heavy (non-hydrogen) atoms. The molecule has 0 bridgehead atoms. The van der Waals surface area contributed by atoms with Gasteiger partial charge >= 0.3 is 6.09 Å². The third-order valence-corrected chi connectivity index (χ3v) is 10.6. The van der Waals surface area contributed by atoms with Gasteiger partial charge in [0.05, 0.1) is 24.9 Å². The zero-order valence-electron chi connectivity index (χ0n) is 33.8. The maximum absolute atomic E-state index is 14.3. The Bertz CT molecular complexity index is 2100. The van der Waals surface area contributed by atoms with E-state index in [1.165, 1.54) is 11.9 Å². The van der Waals surface area contributed by atoms with Crippen LogP contribution in [0, 0.1) is 5.92 Å². The summed E-state index contributed by atoms with van der Waals surface area (Å²) in [7, 11) is 0. The Morgan fingerprint density at radius 3 is 2.10 bits per heavy atom. The van der Waals surface area contributed by atoms with E-state index in [2.05, 4.69) is 43.0 Å². The van der Waals surface area contributed by atoms with Crippen LogP contribution in [0.25, 0.3) is 10.8 Å². The molecule has 0 spiro atoms. The lowest BCUT2D eigenvalue weighted by Crippen LogP contribution is -2.57. The summed E-state index contributed by atoms with van der Waals surface area (Å²) in [5, 5.41) is 22.0. The number of aromatic nitrogens is 2. The normalized spacial score (nSPS) is 15.2. The molecule has 1 aliphatic heterocycles. The molecular formula is C46H55N7O6. The number of H-pyrrole nitrogens is 1. The molecule has 310 valence electrons. The number of carbonyl (C=O) groups is 4. The molecule has 1 aromatic heterocycles. The summed E-state index contributed by atoms with van der Waals surface area (Å²) in [6.45, 7) is 7.30. The van der Waals surface area contributed by atoms with Crippen LogP contribution in [0.3, 0.4) is 0 Å². The molecule has 4 aromatic carbocycles. The van der Waals surface area contributed by atoms with E-state index < -0.39 is 42.1 Å². The van der Waals surface area contributed by atoms with Crippen molar-refractivity contribution in [2.24, 2.45) is 5.92 Å². The third kappa shape index (κ3) is 12.7. The van der Waals surface area contributed by atoms with E-state index >= 15 is 0 Å². The smallest absolute Gasteiger partial charge is 0.408 e. The number of aromatic amines is 1. The number of fused-ring (bicyclic) bond motifs is 1. The molecule has 2 unspecified atom stereocenters. The van der Waals surface area contributed by atoms with Crippen molar-refractivity contribution in [1.82, 2.24) is 35.7 Å². The number of alkyl carbamates (subject to hydrolysis) is 1. The largest absolute Gasteiger partial charge is 0.445 e. The fourth-order valence-corrected chi connectivity index (χ4v) is 7.46. The molecule has 4 amide bonds. The summed E-state index contributed by atoms with van der Waals surface area (Å²) in [5.41, 5.74) is 3.42. The zero-order valence-corrected chi connectivity index (χ0v) is 33.8. The van der Waals surface area contributed by atoms with Crippen LogP contribution in [-0.2, 0) is 45.1 Å². The number of amides is 4. The number of benzene rings is 4. The number of ether oxygens (including phenoxy) is 1. The Morgan fingerprint density at radius 2 is 1.41 bits per heavy atom. The van der Waals surface area contributed by atoms with E-state index in [4.69, 9.17) is 4.74 Å². The zero-order chi connectivity index (χ0) is 41.6. The van der Waals surface area contributed by atoms with E-state index in [-0.39, 0.29) is 37.7 Å². The maximum Gasteiger partial charge on any atom is 0.408 e. The van der Waals surface area contributed by atoms with Crippen LogP contribution in [0.15, 0.2) is 116 Å². The van der Waals surface area contributed by atoms with Crippen LogP contribution in [0.5, 0.6) is 0 Å². The van der Waals surface area contributed by atoms with Gasteiger partial charge in [-0.1, -0.05) is 117 Å². The SMILES string of the molecule is CC(C)CC(NC(=O)[C@H](Cc1cnc[nH]1)NC(=O)[C@H](Cc1cccc2ccccc12)NC(=O)OCc1ccccc1)C(O)CC(=O)N1CCN(Cc2ccccc2)CC1. The average Bonchev–Trinajstić information content (AvgIpc) is 3.76. The molecule has 1 fully saturated rings. The first-order valence-electron chi connectivity index (χ1n) is 20.3. The Balaban J connectivity index is 1.14. The number of carbonyl (C=O) groups excluding carboxylic acids is 4. The van der Waals surface area contributed by atoms with Crippen molar-refractivity contribution < 1.29 is 29.0 Å². The van der Waals surface area contributed by atoms with Crippen LogP contribution in [0.1, 0.15) is 49.1 Å². The second kappa shape index (κ2) is 21.1. The summed E-state index contributed by atoms with van der Waals surface area (Å²) in [6.07, 6.45) is 1.50. The Morgan fingerprint density at radius 1 is 0.763 bits per heavy atom. The van der Waals surface area contributed by atoms with Gasteiger partial charge in [0, 0.05) is 57.5 Å². The van der Waals surface area contributed by atoms with Gasteiger partial charge in [0.1, 0.15) is 18.7 Å². The maximum atomic E-state index is 14.3. The summed E-state index contributed by atoms with van der Waals surface area (Å²) in [6, 6.07) is 30.0. The van der Waals surface area contributed by atoms with Crippen LogP contribution in [0.2, 0.25) is 0 Å². The summed E-state index contributed by atoms with van der Waals surface area (Å²) in [5.74, 6) is -1.25. The van der Waals surface area contributed by atoms with Crippen molar-refractivity contribution >= 4 is 34.6 Å². The van der Waals surface area contributed by atoms with E-state index in [0.717, 1.165) is 41.5 Å². The van der Waals surface area contributed by atoms with Gasteiger partial charge < -0.3 is 35.7 Å². The van der Waals surface area contributed by atoms with Crippen LogP contribution in [0.4, 0.5) is 4.79 Å². The number of nitrogens with zero attached hydrogens (tertiary/aromatic N) is 3. The van der Waals surface area contributed by atoms with Gasteiger partial charge in [-0.3, -0.25) is 19.3 Å². The molecule has 5 aromatic rings. The lowest BCUT2D eigenvalue weighted by molar-refractivity contribution is -0.136. The first-order chi connectivity index (χ1) is 28.6. The lowest BCUT2D eigenvalue weighted by atomic mass is 9.96. The summed E-state index contributed by atoms with van der Waals surface area (Å²) in [4.78, 5) is 66.4. The molecular weight excluding hydrogens is 747 g/mol. The molecule has 2 heterocycles. The minimum absolute atomic E-state index is 0.00661. The minimum Gasteiger partial charge on any atom is -0.445 e. The van der Waals surface area contributed by atoms with Gasteiger partial charge in [-0.2, -0.15) is 0 Å². The molecule has 0 saturated carbocycles. The van der Waals surface area contributed by atoms with Crippen molar-refractivity contribution in [3.63, 3.8) is 0 Å². The van der Waals surface area contributed by atoms with Gasteiger partial charge in [-0.15, -0.1) is 0 Å². The van der Waals surface area contributed by atoms with Gasteiger partial charge in [-0.25, -0.2) is 9.78 Å². The molecule has 13 heteroatoms. The highest BCUT2D eigenvalue weighted by molar-refractivity contribution is 5.93. The predicted octanol–water partition coefficient (Wildman–Crippen LogP) is 4.75. The predicted molar refractivity (Wildman–Crippen MR) is 226 cm³/mol. The molecule has 6 rings (SSSR count). The highest BCUT2D eigenvalue weighted by Gasteiger charge is 2.33. The Hall–Kier alpha value is -6.05. The number of hydrogen-bond acceptors (Lipinski definition) is 8. The molecule has 1 saturated heterocycles. The second-order valence-electron chi connectivity index (χ2n) is 15.6. The standard InChI is InChI=1S/C46H55N7O6/c1-32(2)24-39(42(54)27-43(55)53-22-20-52(21-23-53)29-33-12-5-3-6-13-33)49-45(57)41(26-37-28-47-31-48-37)50-44(56)40(51-46(58)59-30-34-14-7-4-8-15-34)25-36-18-11-17-35-16-9-10-19-38(35)36/h3-19,28,31-32,39-42,54H,20-27,29-30H2,1-2H3,(H,47,48)(H,49,57)(H,50,56)(H,51,58)/t39?,40-,41-,42?/m0/s1. The van der Waals surface area contributed by atoms with Crippen LogP contribution in [-0.4, -0.2) is 99.1 Å². The lowest BCUT2D eigenvalue weighted by Gasteiger charge is -2.36. The number of hydrogen-bond donors (Lipinski definition) is 5. The highest BCUT2D eigenvalue weighted by Crippen LogP contribution is 2.21. The number of nitrogens with one attached hydrogen (secondary N) is 4. The number of aliphatic hydroxyl groups excluding tert-OH is 1. The van der Waals surface area contributed by atoms with Gasteiger partial charge in [0.15, 0.2) is 0 Å². The van der Waals surface area contributed by atoms with Crippen molar-refractivity contribution in [2.45, 2.75) is 76.9 Å². The molecule has 0 radical (unpaired) electrons. The van der Waals surface area contributed by atoms with E-state index in [9.17, 15) is 24.3 Å². The quantitative estimate of drug-likeness (QED) is 0.0846. The number of imidazole rings is 1. The molecule has 13 nitrogen and oxygen atoms in total.